The van der Waals surface area contributed by atoms with Crippen LogP contribution in [-0.2, 0) is 11.3 Å². The Kier molecular flexibility index (Phi) is 5.07. The molecule has 2 aromatic rings. The summed E-state index contributed by atoms with van der Waals surface area (Å²) in [5.41, 5.74) is 1.07. The molecule has 1 heterocycles. The Morgan fingerprint density at radius 1 is 1.32 bits per heavy atom. The van der Waals surface area contributed by atoms with E-state index in [4.69, 9.17) is 27.9 Å². The highest BCUT2D eigenvalue weighted by Gasteiger charge is 2.06. The molecule has 0 fully saturated rings. The minimum atomic E-state index is -0.197. The van der Waals surface area contributed by atoms with E-state index in [0.29, 0.717) is 22.3 Å². The lowest BCUT2D eigenvalue weighted by Crippen LogP contribution is -2.28. The molecule has 1 aromatic carbocycles. The third kappa shape index (κ3) is 4.42. The number of carbonyl (C=O) groups excluding carboxylic acids is 1. The summed E-state index contributed by atoms with van der Waals surface area (Å²) in [5.74, 6) is 0.244. The van der Waals surface area contributed by atoms with E-state index in [0.717, 1.165) is 5.56 Å². The van der Waals surface area contributed by atoms with Crippen LogP contribution in [0, 0.1) is 0 Å². The molecule has 0 saturated heterocycles. The highest BCUT2D eigenvalue weighted by molar-refractivity contribution is 7.07. The summed E-state index contributed by atoms with van der Waals surface area (Å²) in [6, 6.07) is 6.83. The average Bonchev–Trinajstić information content (AvgIpc) is 2.88. The predicted molar refractivity (Wildman–Crippen MR) is 78.1 cm³/mol. The molecule has 19 heavy (non-hydrogen) atoms. The maximum Gasteiger partial charge on any atom is 0.258 e. The van der Waals surface area contributed by atoms with Crippen molar-refractivity contribution in [1.82, 2.24) is 5.32 Å². The minimum absolute atomic E-state index is 0.0779. The molecule has 1 aromatic heterocycles. The smallest absolute Gasteiger partial charge is 0.258 e. The first-order chi connectivity index (χ1) is 9.15. The van der Waals surface area contributed by atoms with Crippen LogP contribution in [-0.4, -0.2) is 12.5 Å². The standard InChI is InChI=1S/C13H11Cl2NO2S/c14-10-1-2-12(11(15)5-10)18-7-13(17)16-6-9-3-4-19-8-9/h1-5,8H,6-7H2,(H,16,17). The molecule has 0 aliphatic carbocycles. The number of hydrogen-bond donors (Lipinski definition) is 1. The molecular weight excluding hydrogens is 305 g/mol. The summed E-state index contributed by atoms with van der Waals surface area (Å²) in [5, 5.41) is 7.62. The molecule has 0 saturated carbocycles. The number of benzene rings is 1. The van der Waals surface area contributed by atoms with Gasteiger partial charge >= 0.3 is 0 Å². The van der Waals surface area contributed by atoms with Gasteiger partial charge in [-0.15, -0.1) is 0 Å². The predicted octanol–water partition coefficient (Wildman–Crippen LogP) is 3.75. The van der Waals surface area contributed by atoms with Crippen molar-refractivity contribution in [3.05, 3.63) is 50.6 Å². The molecule has 0 atom stereocenters. The Hall–Kier alpha value is -1.23. The van der Waals surface area contributed by atoms with Gasteiger partial charge in [0, 0.05) is 11.6 Å². The lowest BCUT2D eigenvalue weighted by atomic mass is 10.3. The first-order valence-corrected chi connectivity index (χ1v) is 7.20. The van der Waals surface area contributed by atoms with Crippen molar-refractivity contribution in [1.29, 1.82) is 0 Å². The normalized spacial score (nSPS) is 10.2. The highest BCUT2D eigenvalue weighted by Crippen LogP contribution is 2.27. The molecule has 100 valence electrons. The van der Waals surface area contributed by atoms with Gasteiger partial charge in [-0.25, -0.2) is 0 Å². The van der Waals surface area contributed by atoms with Gasteiger partial charge in [-0.3, -0.25) is 4.79 Å². The fourth-order valence-corrected chi connectivity index (χ4v) is 2.51. The minimum Gasteiger partial charge on any atom is -0.482 e. The molecular formula is C13H11Cl2NO2S. The fourth-order valence-electron chi connectivity index (χ4n) is 1.38. The van der Waals surface area contributed by atoms with Gasteiger partial charge in [0.2, 0.25) is 0 Å². The van der Waals surface area contributed by atoms with Crippen molar-refractivity contribution >= 4 is 40.4 Å². The quantitative estimate of drug-likeness (QED) is 0.912. The maximum absolute atomic E-state index is 11.6. The average molecular weight is 316 g/mol. The number of ether oxygens (including phenoxy) is 1. The van der Waals surface area contributed by atoms with Gasteiger partial charge in [0.15, 0.2) is 6.61 Å². The van der Waals surface area contributed by atoms with E-state index < -0.39 is 0 Å². The van der Waals surface area contributed by atoms with Crippen molar-refractivity contribution in [3.63, 3.8) is 0 Å². The van der Waals surface area contributed by atoms with Crippen LogP contribution in [0.1, 0.15) is 5.56 Å². The summed E-state index contributed by atoms with van der Waals surface area (Å²) in [4.78, 5) is 11.6. The van der Waals surface area contributed by atoms with Crippen LogP contribution in [0.2, 0.25) is 10.0 Å². The molecule has 2 rings (SSSR count). The molecule has 0 bridgehead atoms. The maximum atomic E-state index is 11.6. The zero-order chi connectivity index (χ0) is 13.7. The largest absolute Gasteiger partial charge is 0.482 e. The lowest BCUT2D eigenvalue weighted by Gasteiger charge is -2.08. The first kappa shape index (κ1) is 14.2. The molecule has 3 nitrogen and oxygen atoms in total. The van der Waals surface area contributed by atoms with Gasteiger partial charge in [0.05, 0.1) is 5.02 Å². The molecule has 0 aliphatic heterocycles. The summed E-state index contributed by atoms with van der Waals surface area (Å²) in [7, 11) is 0. The second-order valence-electron chi connectivity index (χ2n) is 3.77. The van der Waals surface area contributed by atoms with E-state index in [9.17, 15) is 4.79 Å². The molecule has 6 heteroatoms. The number of hydrogen-bond acceptors (Lipinski definition) is 3. The van der Waals surface area contributed by atoms with Crippen LogP contribution in [0.25, 0.3) is 0 Å². The van der Waals surface area contributed by atoms with Crippen molar-refractivity contribution in [3.8, 4) is 5.75 Å². The summed E-state index contributed by atoms with van der Waals surface area (Å²) < 4.78 is 5.32. The van der Waals surface area contributed by atoms with E-state index in [-0.39, 0.29) is 12.5 Å². The monoisotopic (exact) mass is 315 g/mol. The molecule has 0 radical (unpaired) electrons. The zero-order valence-electron chi connectivity index (χ0n) is 9.86. The van der Waals surface area contributed by atoms with Crippen LogP contribution < -0.4 is 10.1 Å². The van der Waals surface area contributed by atoms with E-state index in [1.54, 1.807) is 29.5 Å². The van der Waals surface area contributed by atoms with Crippen LogP contribution >= 0.6 is 34.5 Å². The third-order valence-corrected chi connectivity index (χ3v) is 3.58. The second-order valence-corrected chi connectivity index (χ2v) is 5.40. The summed E-state index contributed by atoms with van der Waals surface area (Å²) in [6.45, 7) is 0.422. The van der Waals surface area contributed by atoms with E-state index in [2.05, 4.69) is 5.32 Å². The Morgan fingerprint density at radius 3 is 2.84 bits per heavy atom. The van der Waals surface area contributed by atoms with Gasteiger partial charge in [-0.1, -0.05) is 23.2 Å². The summed E-state index contributed by atoms with van der Waals surface area (Å²) in [6.07, 6.45) is 0. The Balaban J connectivity index is 1.80. The van der Waals surface area contributed by atoms with Crippen LogP contribution in [0.3, 0.4) is 0 Å². The van der Waals surface area contributed by atoms with Crippen molar-refractivity contribution in [2.45, 2.75) is 6.54 Å². The Morgan fingerprint density at radius 2 is 2.16 bits per heavy atom. The fraction of sp³-hybridized carbons (Fsp3) is 0.154. The van der Waals surface area contributed by atoms with Gasteiger partial charge in [-0.05, 0) is 40.6 Å². The first-order valence-electron chi connectivity index (χ1n) is 5.51. The molecule has 0 aliphatic rings. The topological polar surface area (TPSA) is 38.3 Å². The molecule has 1 amide bonds. The SMILES string of the molecule is O=C(COc1ccc(Cl)cc1Cl)NCc1ccsc1. The Bertz CT molecular complexity index is 558. The second kappa shape index (κ2) is 6.80. The van der Waals surface area contributed by atoms with Crippen molar-refractivity contribution in [2.75, 3.05) is 6.61 Å². The number of carbonyl (C=O) groups is 1. The number of thiophene rings is 1. The van der Waals surface area contributed by atoms with Crippen molar-refractivity contribution in [2.24, 2.45) is 0 Å². The van der Waals surface area contributed by atoms with Gasteiger partial charge in [-0.2, -0.15) is 11.3 Å². The number of nitrogens with one attached hydrogen (secondary N) is 1. The number of rotatable bonds is 5. The molecule has 0 unspecified atom stereocenters. The lowest BCUT2D eigenvalue weighted by molar-refractivity contribution is -0.123. The molecule has 0 spiro atoms. The highest BCUT2D eigenvalue weighted by atomic mass is 35.5. The van der Waals surface area contributed by atoms with E-state index in [1.807, 2.05) is 16.8 Å². The molecule has 1 N–H and O–H groups in total. The zero-order valence-corrected chi connectivity index (χ0v) is 12.2. The van der Waals surface area contributed by atoms with Gasteiger partial charge in [0.25, 0.3) is 5.91 Å². The van der Waals surface area contributed by atoms with Gasteiger partial charge < -0.3 is 10.1 Å². The Labute approximate surface area is 125 Å². The van der Waals surface area contributed by atoms with Crippen molar-refractivity contribution < 1.29 is 9.53 Å². The van der Waals surface area contributed by atoms with Gasteiger partial charge in [0.1, 0.15) is 5.75 Å². The number of amides is 1. The van der Waals surface area contributed by atoms with Crippen LogP contribution in [0.5, 0.6) is 5.75 Å². The van der Waals surface area contributed by atoms with Crippen LogP contribution in [0.15, 0.2) is 35.0 Å². The van der Waals surface area contributed by atoms with Crippen LogP contribution in [0.4, 0.5) is 0 Å². The third-order valence-electron chi connectivity index (χ3n) is 2.32. The summed E-state index contributed by atoms with van der Waals surface area (Å²) >= 11 is 13.3. The van der Waals surface area contributed by atoms with E-state index in [1.165, 1.54) is 0 Å². The van der Waals surface area contributed by atoms with E-state index >= 15 is 0 Å². The number of halogens is 2.